The first-order valence-corrected chi connectivity index (χ1v) is 9.06. The number of likely N-dealkylation sites (N-methyl/N-ethyl adjacent to an activating group) is 1. The maximum atomic E-state index is 5.60. The van der Waals surface area contributed by atoms with E-state index >= 15 is 0 Å². The Bertz CT molecular complexity index is 238. The number of rotatable bonds is 11. The van der Waals surface area contributed by atoms with Gasteiger partial charge in [0.2, 0.25) is 0 Å². The highest BCUT2D eigenvalue weighted by Gasteiger charge is 2.26. The Morgan fingerprint density at radius 2 is 1.71 bits per heavy atom. The summed E-state index contributed by atoms with van der Waals surface area (Å²) >= 11 is 0. The van der Waals surface area contributed by atoms with Crippen LogP contribution in [-0.4, -0.2) is 50.3 Å². The van der Waals surface area contributed by atoms with Crippen LogP contribution in [0.4, 0.5) is 0 Å². The van der Waals surface area contributed by atoms with E-state index in [9.17, 15) is 0 Å². The third kappa shape index (κ3) is 8.18. The molecule has 21 heavy (non-hydrogen) atoms. The fourth-order valence-corrected chi connectivity index (χ4v) is 2.97. The fraction of sp³-hybridized carbons (Fsp3) is 1.00. The summed E-state index contributed by atoms with van der Waals surface area (Å²) in [5.74, 6) is 2.28. The molecule has 0 radical (unpaired) electrons. The van der Waals surface area contributed by atoms with Crippen LogP contribution in [0.2, 0.25) is 0 Å². The second-order valence-electron chi connectivity index (χ2n) is 7.45. The Balaban J connectivity index is 2.51. The van der Waals surface area contributed by atoms with Crippen molar-refractivity contribution in [2.75, 3.05) is 39.4 Å². The molecule has 0 saturated carbocycles. The van der Waals surface area contributed by atoms with E-state index < -0.39 is 0 Å². The van der Waals surface area contributed by atoms with Gasteiger partial charge in [-0.25, -0.2) is 0 Å². The topological polar surface area (TPSA) is 24.5 Å². The van der Waals surface area contributed by atoms with Gasteiger partial charge in [0.05, 0.1) is 6.61 Å². The molecule has 1 fully saturated rings. The third-order valence-electron chi connectivity index (χ3n) is 4.50. The van der Waals surface area contributed by atoms with E-state index in [4.69, 9.17) is 4.74 Å². The van der Waals surface area contributed by atoms with Crippen LogP contribution in [0.25, 0.3) is 0 Å². The molecular formula is C18H38N2O. The predicted molar refractivity (Wildman–Crippen MR) is 91.7 cm³/mol. The molecule has 0 aromatic rings. The normalized spacial score (nSPS) is 20.9. The van der Waals surface area contributed by atoms with E-state index in [2.05, 4.69) is 44.8 Å². The van der Waals surface area contributed by atoms with Crippen LogP contribution in [0.15, 0.2) is 0 Å². The Morgan fingerprint density at radius 3 is 2.14 bits per heavy atom. The summed E-state index contributed by atoms with van der Waals surface area (Å²) in [6, 6.07) is 0.594. The summed E-state index contributed by atoms with van der Waals surface area (Å²) in [7, 11) is 0. The van der Waals surface area contributed by atoms with E-state index in [0.29, 0.717) is 12.0 Å². The Hall–Kier alpha value is -0.120. The minimum Gasteiger partial charge on any atom is -0.381 e. The van der Waals surface area contributed by atoms with Gasteiger partial charge in [-0.1, -0.05) is 34.6 Å². The van der Waals surface area contributed by atoms with E-state index in [1.54, 1.807) is 0 Å². The van der Waals surface area contributed by atoms with E-state index in [0.717, 1.165) is 31.6 Å². The summed E-state index contributed by atoms with van der Waals surface area (Å²) in [5.41, 5.74) is 0. The van der Waals surface area contributed by atoms with Crippen molar-refractivity contribution < 1.29 is 4.74 Å². The van der Waals surface area contributed by atoms with E-state index in [1.165, 1.54) is 38.9 Å². The molecule has 1 rings (SSSR count). The molecule has 0 amide bonds. The molecule has 1 aliphatic rings. The molecule has 0 spiro atoms. The number of nitrogens with one attached hydrogen (secondary N) is 1. The van der Waals surface area contributed by atoms with E-state index in [1.807, 2.05) is 0 Å². The van der Waals surface area contributed by atoms with Crippen LogP contribution in [0.5, 0.6) is 0 Å². The minimum atomic E-state index is 0.594. The first kappa shape index (κ1) is 18.9. The second-order valence-corrected chi connectivity index (χ2v) is 7.45. The highest BCUT2D eigenvalue weighted by molar-refractivity contribution is 4.82. The summed E-state index contributed by atoms with van der Waals surface area (Å²) in [5, 5.41) is 3.71. The lowest BCUT2D eigenvalue weighted by Gasteiger charge is -2.32. The maximum absolute atomic E-state index is 5.60. The van der Waals surface area contributed by atoms with Crippen LogP contribution >= 0.6 is 0 Å². The zero-order valence-electron chi connectivity index (χ0n) is 15.0. The molecular weight excluding hydrogens is 260 g/mol. The van der Waals surface area contributed by atoms with Crippen molar-refractivity contribution in [1.82, 2.24) is 10.2 Å². The van der Waals surface area contributed by atoms with Gasteiger partial charge in [-0.15, -0.1) is 0 Å². The van der Waals surface area contributed by atoms with Gasteiger partial charge in [0, 0.05) is 25.1 Å². The number of ether oxygens (including phenoxy) is 1. The summed E-state index contributed by atoms with van der Waals surface area (Å²) in [6.07, 6.45) is 3.83. The van der Waals surface area contributed by atoms with Crippen molar-refractivity contribution in [2.45, 2.75) is 59.9 Å². The Labute approximate surface area is 132 Å². The second kappa shape index (κ2) is 10.6. The first-order valence-electron chi connectivity index (χ1n) is 9.06. The van der Waals surface area contributed by atoms with Crippen molar-refractivity contribution in [1.29, 1.82) is 0 Å². The average molecular weight is 299 g/mol. The lowest BCUT2D eigenvalue weighted by atomic mass is 9.97. The monoisotopic (exact) mass is 298 g/mol. The lowest BCUT2D eigenvalue weighted by molar-refractivity contribution is 0.156. The van der Waals surface area contributed by atoms with Crippen LogP contribution < -0.4 is 5.32 Å². The van der Waals surface area contributed by atoms with Crippen LogP contribution in [-0.2, 0) is 4.74 Å². The molecule has 0 bridgehead atoms. The van der Waals surface area contributed by atoms with Gasteiger partial charge in [0.25, 0.3) is 0 Å². The van der Waals surface area contributed by atoms with Gasteiger partial charge in [-0.05, 0) is 50.7 Å². The van der Waals surface area contributed by atoms with Crippen molar-refractivity contribution in [3.05, 3.63) is 0 Å². The lowest BCUT2D eigenvalue weighted by Crippen LogP contribution is -2.46. The predicted octanol–water partition coefficient (Wildman–Crippen LogP) is 3.40. The van der Waals surface area contributed by atoms with Crippen molar-refractivity contribution in [3.8, 4) is 0 Å². The van der Waals surface area contributed by atoms with Gasteiger partial charge in [-0.3, -0.25) is 0 Å². The highest BCUT2D eigenvalue weighted by Crippen LogP contribution is 2.18. The summed E-state index contributed by atoms with van der Waals surface area (Å²) < 4.78 is 5.60. The van der Waals surface area contributed by atoms with Crippen LogP contribution in [0.3, 0.4) is 0 Å². The molecule has 2 unspecified atom stereocenters. The quantitative estimate of drug-likeness (QED) is 0.633. The zero-order valence-corrected chi connectivity index (χ0v) is 15.0. The zero-order chi connectivity index (χ0) is 15.7. The molecule has 1 saturated heterocycles. The van der Waals surface area contributed by atoms with Crippen LogP contribution in [0, 0.1) is 17.8 Å². The number of hydrogen-bond acceptors (Lipinski definition) is 3. The number of hydrogen-bond donors (Lipinski definition) is 1. The molecule has 0 aromatic carbocycles. The van der Waals surface area contributed by atoms with Crippen molar-refractivity contribution >= 4 is 0 Å². The minimum absolute atomic E-state index is 0.594. The van der Waals surface area contributed by atoms with Gasteiger partial charge < -0.3 is 15.0 Å². The largest absolute Gasteiger partial charge is 0.381 e. The first-order chi connectivity index (χ1) is 10.0. The van der Waals surface area contributed by atoms with Gasteiger partial charge >= 0.3 is 0 Å². The maximum Gasteiger partial charge on any atom is 0.0510 e. The molecule has 0 aliphatic carbocycles. The van der Waals surface area contributed by atoms with Gasteiger partial charge in [0.1, 0.15) is 0 Å². The van der Waals surface area contributed by atoms with Gasteiger partial charge in [0.15, 0.2) is 0 Å². The Morgan fingerprint density at radius 1 is 1.10 bits per heavy atom. The summed E-state index contributed by atoms with van der Waals surface area (Å²) in [4.78, 5) is 2.69. The SMILES string of the molecule is CCNC(CN(CCC(C)C)CCC(C)C)C1CCOC1. The smallest absolute Gasteiger partial charge is 0.0510 e. The molecule has 1 heterocycles. The highest BCUT2D eigenvalue weighted by atomic mass is 16.5. The van der Waals surface area contributed by atoms with Crippen molar-refractivity contribution in [2.24, 2.45) is 17.8 Å². The average Bonchev–Trinajstić information content (AvgIpc) is 2.94. The Kier molecular flexibility index (Phi) is 9.54. The third-order valence-corrected chi connectivity index (χ3v) is 4.50. The molecule has 0 aromatic heterocycles. The standard InChI is InChI=1S/C18H38N2O/c1-6-19-18(17-9-12-21-14-17)13-20(10-7-15(2)3)11-8-16(4)5/h15-19H,6-14H2,1-5H3. The molecule has 2 atom stereocenters. The molecule has 1 aliphatic heterocycles. The fourth-order valence-electron chi connectivity index (χ4n) is 2.97. The number of nitrogens with zero attached hydrogens (tertiary/aromatic N) is 1. The molecule has 3 nitrogen and oxygen atoms in total. The van der Waals surface area contributed by atoms with E-state index in [-0.39, 0.29) is 0 Å². The molecule has 126 valence electrons. The van der Waals surface area contributed by atoms with Gasteiger partial charge in [-0.2, -0.15) is 0 Å². The van der Waals surface area contributed by atoms with Crippen LogP contribution in [0.1, 0.15) is 53.9 Å². The molecule has 1 N–H and O–H groups in total. The molecule has 3 heteroatoms. The summed E-state index contributed by atoms with van der Waals surface area (Å²) in [6.45, 7) is 18.1. The van der Waals surface area contributed by atoms with Crippen molar-refractivity contribution in [3.63, 3.8) is 0 Å².